The van der Waals surface area contributed by atoms with E-state index in [2.05, 4.69) is 10.6 Å². The molecular formula is C14H11Cl2FN2S. The molecule has 0 amide bonds. The van der Waals surface area contributed by atoms with Crippen molar-refractivity contribution in [3.8, 4) is 0 Å². The van der Waals surface area contributed by atoms with Crippen molar-refractivity contribution in [2.75, 3.05) is 10.6 Å². The molecule has 6 heteroatoms. The van der Waals surface area contributed by atoms with Gasteiger partial charge in [-0.2, -0.15) is 0 Å². The molecule has 0 radical (unpaired) electrons. The zero-order valence-corrected chi connectivity index (χ0v) is 12.8. The van der Waals surface area contributed by atoms with E-state index in [0.29, 0.717) is 15.8 Å². The minimum Gasteiger partial charge on any atom is -0.332 e. The number of thiocarbonyl (C=S) groups is 1. The summed E-state index contributed by atoms with van der Waals surface area (Å²) in [6.07, 6.45) is 0. The maximum atomic E-state index is 13.0. The van der Waals surface area contributed by atoms with E-state index < -0.39 is 5.82 Å². The highest BCUT2D eigenvalue weighted by atomic mass is 35.5. The van der Waals surface area contributed by atoms with Gasteiger partial charge in [-0.25, -0.2) is 4.39 Å². The fourth-order valence-corrected chi connectivity index (χ4v) is 2.22. The van der Waals surface area contributed by atoms with Gasteiger partial charge < -0.3 is 10.6 Å². The van der Waals surface area contributed by atoms with Crippen LogP contribution in [0, 0.1) is 12.7 Å². The number of halogens is 3. The molecule has 2 aromatic rings. The van der Waals surface area contributed by atoms with Gasteiger partial charge in [0.2, 0.25) is 0 Å². The molecule has 0 aliphatic carbocycles. The van der Waals surface area contributed by atoms with Crippen molar-refractivity contribution < 1.29 is 4.39 Å². The Kier molecular flexibility index (Phi) is 4.81. The van der Waals surface area contributed by atoms with Crippen LogP contribution in [0.2, 0.25) is 10.0 Å². The normalized spacial score (nSPS) is 10.2. The van der Waals surface area contributed by atoms with Crippen LogP contribution >= 0.6 is 35.4 Å². The molecule has 0 heterocycles. The molecule has 104 valence electrons. The van der Waals surface area contributed by atoms with Crippen molar-refractivity contribution in [3.05, 3.63) is 57.8 Å². The zero-order valence-electron chi connectivity index (χ0n) is 10.5. The van der Waals surface area contributed by atoms with Gasteiger partial charge in [-0.15, -0.1) is 0 Å². The zero-order chi connectivity index (χ0) is 14.7. The quantitative estimate of drug-likeness (QED) is 0.736. The summed E-state index contributed by atoms with van der Waals surface area (Å²) in [5.74, 6) is -0.398. The molecule has 2 nitrogen and oxygen atoms in total. The minimum atomic E-state index is -0.398. The number of benzene rings is 2. The number of nitrogens with one attached hydrogen (secondary N) is 2. The highest BCUT2D eigenvalue weighted by molar-refractivity contribution is 7.80. The Labute approximate surface area is 131 Å². The van der Waals surface area contributed by atoms with E-state index in [-0.39, 0.29) is 5.02 Å². The lowest BCUT2D eigenvalue weighted by Gasteiger charge is -2.14. The third-order valence-electron chi connectivity index (χ3n) is 2.70. The van der Waals surface area contributed by atoms with Gasteiger partial charge in [0, 0.05) is 10.7 Å². The fourth-order valence-electron chi connectivity index (χ4n) is 1.61. The molecule has 0 fully saturated rings. The minimum absolute atomic E-state index is 0.261. The number of hydrogen-bond acceptors (Lipinski definition) is 1. The monoisotopic (exact) mass is 328 g/mol. The highest BCUT2D eigenvalue weighted by Crippen LogP contribution is 2.25. The Morgan fingerprint density at radius 3 is 2.45 bits per heavy atom. The van der Waals surface area contributed by atoms with Crippen molar-refractivity contribution in [2.45, 2.75) is 6.92 Å². The summed E-state index contributed by atoms with van der Waals surface area (Å²) in [6, 6.07) is 9.54. The Bertz CT molecular complexity index is 662. The summed E-state index contributed by atoms with van der Waals surface area (Å²) in [5.41, 5.74) is 2.22. The van der Waals surface area contributed by atoms with Crippen LogP contribution in [0.25, 0.3) is 0 Å². The first-order valence-corrected chi connectivity index (χ1v) is 6.92. The molecule has 2 rings (SSSR count). The van der Waals surface area contributed by atoms with Gasteiger partial charge in [-0.05, 0) is 55.0 Å². The van der Waals surface area contributed by atoms with Crippen LogP contribution in [-0.4, -0.2) is 5.11 Å². The van der Waals surface area contributed by atoms with Crippen molar-refractivity contribution in [1.29, 1.82) is 0 Å². The van der Waals surface area contributed by atoms with Gasteiger partial charge in [0.05, 0.1) is 10.7 Å². The second-order valence-electron chi connectivity index (χ2n) is 4.12. The SMILES string of the molecule is Cc1c(Cl)cccc1NC(=S)Nc1ccc(F)cc1Cl. The number of rotatable bonds is 2. The first-order valence-electron chi connectivity index (χ1n) is 5.75. The predicted molar refractivity (Wildman–Crippen MR) is 87.4 cm³/mol. The van der Waals surface area contributed by atoms with Gasteiger partial charge in [-0.1, -0.05) is 29.3 Å². The Morgan fingerprint density at radius 2 is 1.75 bits per heavy atom. The van der Waals surface area contributed by atoms with E-state index in [1.54, 1.807) is 6.07 Å². The molecule has 0 bridgehead atoms. The standard InChI is InChI=1S/C14H11Cl2FN2S/c1-8-10(15)3-2-4-12(8)18-14(20)19-13-6-5-9(17)7-11(13)16/h2-7H,1H3,(H2,18,19,20). The first-order chi connectivity index (χ1) is 9.47. The van der Waals surface area contributed by atoms with Gasteiger partial charge in [0.15, 0.2) is 5.11 Å². The summed E-state index contributed by atoms with van der Waals surface area (Å²) in [5, 5.41) is 7.20. The van der Waals surface area contributed by atoms with Crippen LogP contribution in [0.15, 0.2) is 36.4 Å². The third-order valence-corrected chi connectivity index (χ3v) is 3.62. The van der Waals surface area contributed by atoms with Crippen molar-refractivity contribution in [3.63, 3.8) is 0 Å². The molecule has 0 spiro atoms. The van der Waals surface area contributed by atoms with E-state index in [1.165, 1.54) is 18.2 Å². The average molecular weight is 329 g/mol. The molecule has 0 aromatic heterocycles. The van der Waals surface area contributed by atoms with Crippen LogP contribution in [0.5, 0.6) is 0 Å². The van der Waals surface area contributed by atoms with E-state index in [9.17, 15) is 4.39 Å². The summed E-state index contributed by atoms with van der Waals surface area (Å²) in [4.78, 5) is 0. The van der Waals surface area contributed by atoms with Gasteiger partial charge >= 0.3 is 0 Å². The topological polar surface area (TPSA) is 24.1 Å². The molecule has 2 aromatic carbocycles. The second-order valence-corrected chi connectivity index (χ2v) is 5.34. The van der Waals surface area contributed by atoms with E-state index in [4.69, 9.17) is 35.4 Å². The van der Waals surface area contributed by atoms with E-state index in [0.717, 1.165) is 11.3 Å². The maximum absolute atomic E-state index is 13.0. The van der Waals surface area contributed by atoms with Crippen LogP contribution in [0.4, 0.5) is 15.8 Å². The number of anilines is 2. The van der Waals surface area contributed by atoms with Gasteiger partial charge in [0.1, 0.15) is 5.82 Å². The molecule has 2 N–H and O–H groups in total. The predicted octanol–water partition coefficient (Wildman–Crippen LogP) is 5.25. The summed E-state index contributed by atoms with van der Waals surface area (Å²) < 4.78 is 13.0. The smallest absolute Gasteiger partial charge is 0.175 e. The van der Waals surface area contributed by atoms with Crippen LogP contribution in [-0.2, 0) is 0 Å². The van der Waals surface area contributed by atoms with Crippen LogP contribution < -0.4 is 10.6 Å². The fraction of sp³-hybridized carbons (Fsp3) is 0.0714. The Balaban J connectivity index is 2.11. The van der Waals surface area contributed by atoms with Gasteiger partial charge in [-0.3, -0.25) is 0 Å². The molecule has 20 heavy (non-hydrogen) atoms. The van der Waals surface area contributed by atoms with Gasteiger partial charge in [0.25, 0.3) is 0 Å². The van der Waals surface area contributed by atoms with Crippen LogP contribution in [0.1, 0.15) is 5.56 Å². The average Bonchev–Trinajstić information content (AvgIpc) is 2.38. The molecular weight excluding hydrogens is 318 g/mol. The van der Waals surface area contributed by atoms with E-state index >= 15 is 0 Å². The van der Waals surface area contributed by atoms with Crippen molar-refractivity contribution in [2.24, 2.45) is 0 Å². The van der Waals surface area contributed by atoms with E-state index in [1.807, 2.05) is 19.1 Å². The lowest BCUT2D eigenvalue weighted by molar-refractivity contribution is 0.628. The molecule has 0 aliphatic rings. The summed E-state index contributed by atoms with van der Waals surface area (Å²) in [7, 11) is 0. The summed E-state index contributed by atoms with van der Waals surface area (Å²) in [6.45, 7) is 1.89. The molecule has 0 unspecified atom stereocenters. The van der Waals surface area contributed by atoms with Crippen molar-refractivity contribution in [1.82, 2.24) is 0 Å². The summed E-state index contributed by atoms with van der Waals surface area (Å²) >= 11 is 17.2. The highest BCUT2D eigenvalue weighted by Gasteiger charge is 2.07. The third kappa shape index (κ3) is 3.60. The molecule has 0 atom stereocenters. The second kappa shape index (κ2) is 6.39. The van der Waals surface area contributed by atoms with Crippen molar-refractivity contribution >= 4 is 51.9 Å². The molecule has 0 saturated heterocycles. The Hall–Kier alpha value is -1.36. The lowest BCUT2D eigenvalue weighted by atomic mass is 10.2. The largest absolute Gasteiger partial charge is 0.332 e. The first kappa shape index (κ1) is 15.0. The molecule has 0 aliphatic heterocycles. The number of hydrogen-bond donors (Lipinski definition) is 2. The Morgan fingerprint density at radius 1 is 1.05 bits per heavy atom. The van der Waals surface area contributed by atoms with Crippen LogP contribution in [0.3, 0.4) is 0 Å². The molecule has 0 saturated carbocycles. The lowest BCUT2D eigenvalue weighted by Crippen LogP contribution is -2.19. The maximum Gasteiger partial charge on any atom is 0.175 e.